The quantitative estimate of drug-likeness (QED) is 0.872. The van der Waals surface area contributed by atoms with E-state index >= 15 is 0 Å². The van der Waals surface area contributed by atoms with Gasteiger partial charge in [0, 0.05) is 13.1 Å². The standard InChI is InChI=1S/C16H22N2O/c1-12-8-13(9-17)6-7-14(12)10-18-11-15-4-2-3-5-16(15)19/h6-8,15-16,18-19H,2-5,10-11H2,1H3. The fraction of sp³-hybridized carbons (Fsp3) is 0.562. The van der Waals surface area contributed by atoms with Crippen molar-refractivity contribution in [2.75, 3.05) is 6.54 Å². The van der Waals surface area contributed by atoms with Gasteiger partial charge in [-0.25, -0.2) is 0 Å². The number of nitrogens with one attached hydrogen (secondary N) is 1. The van der Waals surface area contributed by atoms with Crippen LogP contribution in [-0.4, -0.2) is 17.8 Å². The van der Waals surface area contributed by atoms with Gasteiger partial charge in [0.15, 0.2) is 0 Å². The zero-order valence-corrected chi connectivity index (χ0v) is 11.5. The topological polar surface area (TPSA) is 56.0 Å². The SMILES string of the molecule is Cc1cc(C#N)ccc1CNCC1CCCCC1O. The third-order valence-electron chi connectivity index (χ3n) is 4.06. The number of hydrogen-bond donors (Lipinski definition) is 2. The molecule has 2 rings (SSSR count). The Labute approximate surface area is 115 Å². The van der Waals surface area contributed by atoms with Gasteiger partial charge < -0.3 is 10.4 Å². The van der Waals surface area contributed by atoms with Crippen LogP contribution < -0.4 is 5.32 Å². The molecule has 102 valence electrons. The Morgan fingerprint density at radius 1 is 1.37 bits per heavy atom. The summed E-state index contributed by atoms with van der Waals surface area (Å²) in [7, 11) is 0. The number of nitrogens with zero attached hydrogens (tertiary/aromatic N) is 1. The van der Waals surface area contributed by atoms with Crippen molar-refractivity contribution >= 4 is 0 Å². The molecule has 0 radical (unpaired) electrons. The summed E-state index contributed by atoms with van der Waals surface area (Å²) in [6, 6.07) is 7.95. The molecule has 2 unspecified atom stereocenters. The van der Waals surface area contributed by atoms with E-state index in [0.717, 1.165) is 37.9 Å². The molecule has 0 amide bonds. The molecule has 19 heavy (non-hydrogen) atoms. The minimum atomic E-state index is -0.136. The number of hydrogen-bond acceptors (Lipinski definition) is 3. The number of nitriles is 1. The molecular formula is C16H22N2O. The fourth-order valence-corrected chi connectivity index (χ4v) is 2.78. The zero-order valence-electron chi connectivity index (χ0n) is 11.5. The van der Waals surface area contributed by atoms with Crippen LogP contribution in [0.25, 0.3) is 0 Å². The maximum atomic E-state index is 9.91. The predicted octanol–water partition coefficient (Wildman–Crippen LogP) is 2.51. The van der Waals surface area contributed by atoms with Crippen molar-refractivity contribution in [3.8, 4) is 6.07 Å². The van der Waals surface area contributed by atoms with Crippen LogP contribution in [0.4, 0.5) is 0 Å². The van der Waals surface area contributed by atoms with E-state index in [1.165, 1.54) is 12.0 Å². The molecule has 3 heteroatoms. The van der Waals surface area contributed by atoms with Crippen molar-refractivity contribution in [3.05, 3.63) is 34.9 Å². The summed E-state index contributed by atoms with van der Waals surface area (Å²) in [5.74, 6) is 0.396. The van der Waals surface area contributed by atoms with Gasteiger partial charge in [0.25, 0.3) is 0 Å². The highest BCUT2D eigenvalue weighted by Crippen LogP contribution is 2.23. The molecule has 0 saturated heterocycles. The minimum absolute atomic E-state index is 0.136. The van der Waals surface area contributed by atoms with E-state index in [1.807, 2.05) is 25.1 Å². The third kappa shape index (κ3) is 3.79. The molecule has 1 saturated carbocycles. The number of benzene rings is 1. The van der Waals surface area contributed by atoms with Gasteiger partial charge in [0.2, 0.25) is 0 Å². The van der Waals surface area contributed by atoms with Gasteiger partial charge >= 0.3 is 0 Å². The molecule has 2 atom stereocenters. The van der Waals surface area contributed by atoms with Crippen molar-refractivity contribution in [2.45, 2.75) is 45.3 Å². The highest BCUT2D eigenvalue weighted by molar-refractivity contribution is 5.37. The van der Waals surface area contributed by atoms with Gasteiger partial charge in [-0.2, -0.15) is 5.26 Å². The van der Waals surface area contributed by atoms with Gasteiger partial charge in [-0.15, -0.1) is 0 Å². The molecule has 1 aromatic carbocycles. The lowest BCUT2D eigenvalue weighted by Gasteiger charge is -2.27. The second-order valence-corrected chi connectivity index (χ2v) is 5.50. The predicted molar refractivity (Wildman–Crippen MR) is 75.6 cm³/mol. The molecule has 1 fully saturated rings. The third-order valence-corrected chi connectivity index (χ3v) is 4.06. The number of aryl methyl sites for hydroxylation is 1. The van der Waals surface area contributed by atoms with E-state index < -0.39 is 0 Å². The molecule has 3 nitrogen and oxygen atoms in total. The largest absolute Gasteiger partial charge is 0.393 e. The Kier molecular flexibility index (Phi) is 4.95. The number of aliphatic hydroxyl groups is 1. The second-order valence-electron chi connectivity index (χ2n) is 5.50. The Hall–Kier alpha value is -1.37. The summed E-state index contributed by atoms with van der Waals surface area (Å²) in [5.41, 5.74) is 3.09. The summed E-state index contributed by atoms with van der Waals surface area (Å²) in [6.45, 7) is 3.72. The van der Waals surface area contributed by atoms with Crippen molar-refractivity contribution in [3.63, 3.8) is 0 Å². The van der Waals surface area contributed by atoms with Crippen LogP contribution in [0.3, 0.4) is 0 Å². The lowest BCUT2D eigenvalue weighted by atomic mass is 9.86. The summed E-state index contributed by atoms with van der Waals surface area (Å²) in [4.78, 5) is 0. The lowest BCUT2D eigenvalue weighted by molar-refractivity contribution is 0.0695. The second kappa shape index (κ2) is 6.70. The van der Waals surface area contributed by atoms with Crippen molar-refractivity contribution < 1.29 is 5.11 Å². The molecule has 0 heterocycles. The smallest absolute Gasteiger partial charge is 0.0991 e. The normalized spacial score (nSPS) is 23.0. The van der Waals surface area contributed by atoms with Gasteiger partial charge in [-0.1, -0.05) is 18.9 Å². The monoisotopic (exact) mass is 258 g/mol. The zero-order chi connectivity index (χ0) is 13.7. The summed E-state index contributed by atoms with van der Waals surface area (Å²) in [5, 5.41) is 22.2. The van der Waals surface area contributed by atoms with Crippen LogP contribution >= 0.6 is 0 Å². The number of rotatable bonds is 4. The van der Waals surface area contributed by atoms with Crippen LogP contribution in [-0.2, 0) is 6.54 Å². The molecule has 0 bridgehead atoms. The molecule has 1 aromatic rings. The molecule has 1 aliphatic rings. The van der Waals surface area contributed by atoms with E-state index in [-0.39, 0.29) is 6.10 Å². The maximum absolute atomic E-state index is 9.91. The van der Waals surface area contributed by atoms with Crippen molar-refractivity contribution in [1.82, 2.24) is 5.32 Å². The van der Waals surface area contributed by atoms with Crippen LogP contribution in [0.15, 0.2) is 18.2 Å². The average Bonchev–Trinajstić information content (AvgIpc) is 2.42. The van der Waals surface area contributed by atoms with E-state index in [9.17, 15) is 5.11 Å². The van der Waals surface area contributed by atoms with E-state index in [2.05, 4.69) is 11.4 Å². The Bertz CT molecular complexity index is 464. The van der Waals surface area contributed by atoms with Gasteiger partial charge in [0.05, 0.1) is 17.7 Å². The van der Waals surface area contributed by atoms with Gasteiger partial charge in [-0.3, -0.25) is 0 Å². The molecule has 0 aliphatic heterocycles. The van der Waals surface area contributed by atoms with E-state index in [0.29, 0.717) is 11.5 Å². The first-order valence-corrected chi connectivity index (χ1v) is 7.09. The first kappa shape index (κ1) is 14.0. The lowest BCUT2D eigenvalue weighted by Crippen LogP contribution is -2.33. The average molecular weight is 258 g/mol. The van der Waals surface area contributed by atoms with Crippen LogP contribution in [0, 0.1) is 24.2 Å². The summed E-state index contributed by atoms with van der Waals surface area (Å²) >= 11 is 0. The highest BCUT2D eigenvalue weighted by Gasteiger charge is 2.22. The fourth-order valence-electron chi connectivity index (χ4n) is 2.78. The molecule has 1 aliphatic carbocycles. The molecule has 2 N–H and O–H groups in total. The van der Waals surface area contributed by atoms with E-state index in [1.54, 1.807) is 0 Å². The Morgan fingerprint density at radius 3 is 2.84 bits per heavy atom. The first-order chi connectivity index (χ1) is 9.20. The number of aliphatic hydroxyl groups excluding tert-OH is 1. The van der Waals surface area contributed by atoms with Crippen LogP contribution in [0.2, 0.25) is 0 Å². The maximum Gasteiger partial charge on any atom is 0.0991 e. The van der Waals surface area contributed by atoms with Crippen LogP contribution in [0.5, 0.6) is 0 Å². The molecular weight excluding hydrogens is 236 g/mol. The van der Waals surface area contributed by atoms with Gasteiger partial charge in [-0.05, 0) is 48.9 Å². The molecule has 0 aromatic heterocycles. The van der Waals surface area contributed by atoms with Crippen LogP contribution in [0.1, 0.15) is 42.4 Å². The molecule has 0 spiro atoms. The summed E-state index contributed by atoms with van der Waals surface area (Å²) in [6.07, 6.45) is 4.33. The first-order valence-electron chi connectivity index (χ1n) is 7.09. The summed E-state index contributed by atoms with van der Waals surface area (Å²) < 4.78 is 0. The van der Waals surface area contributed by atoms with Gasteiger partial charge in [0.1, 0.15) is 0 Å². The van der Waals surface area contributed by atoms with E-state index in [4.69, 9.17) is 5.26 Å². The van der Waals surface area contributed by atoms with Crippen molar-refractivity contribution in [1.29, 1.82) is 5.26 Å². The Balaban J connectivity index is 1.84. The Morgan fingerprint density at radius 2 is 2.16 bits per heavy atom. The minimum Gasteiger partial charge on any atom is -0.393 e. The van der Waals surface area contributed by atoms with Crippen molar-refractivity contribution in [2.24, 2.45) is 5.92 Å². The highest BCUT2D eigenvalue weighted by atomic mass is 16.3.